The largest absolute Gasteiger partial charge is 0.381 e. The van der Waals surface area contributed by atoms with Crippen LogP contribution in [0.15, 0.2) is 0 Å². The summed E-state index contributed by atoms with van der Waals surface area (Å²) in [7, 11) is 1.79. The first-order valence-electron chi connectivity index (χ1n) is 4.33. The third-order valence-electron chi connectivity index (χ3n) is 4.09. The van der Waals surface area contributed by atoms with Crippen LogP contribution in [0.3, 0.4) is 0 Å². The maximum atomic E-state index is 6.00. The first kappa shape index (κ1) is 7.56. The van der Waals surface area contributed by atoms with Crippen LogP contribution in [-0.2, 0) is 4.74 Å². The Bertz CT molecular complexity index is 182. The van der Waals surface area contributed by atoms with Crippen molar-refractivity contribution >= 4 is 0 Å². The molecule has 2 N–H and O–H groups in total. The van der Waals surface area contributed by atoms with E-state index in [9.17, 15) is 0 Å². The third-order valence-corrected chi connectivity index (χ3v) is 4.09. The molecule has 2 heteroatoms. The predicted octanol–water partition coefficient (Wildman–Crippen LogP) is 1.15. The van der Waals surface area contributed by atoms with Gasteiger partial charge in [0.25, 0.3) is 0 Å². The fourth-order valence-corrected chi connectivity index (χ4v) is 2.69. The van der Waals surface area contributed by atoms with E-state index in [0.717, 1.165) is 0 Å². The molecule has 64 valence electrons. The average molecular weight is 155 g/mol. The van der Waals surface area contributed by atoms with Gasteiger partial charge in [-0.05, 0) is 23.7 Å². The van der Waals surface area contributed by atoms with E-state index in [2.05, 4.69) is 13.8 Å². The molecule has 2 aliphatic carbocycles. The minimum Gasteiger partial charge on any atom is -0.381 e. The van der Waals surface area contributed by atoms with Crippen molar-refractivity contribution in [3.8, 4) is 0 Å². The Kier molecular flexibility index (Phi) is 1.24. The second-order valence-electron chi connectivity index (χ2n) is 4.62. The van der Waals surface area contributed by atoms with Crippen LogP contribution < -0.4 is 5.73 Å². The summed E-state index contributed by atoms with van der Waals surface area (Å²) in [5, 5.41) is 0. The van der Waals surface area contributed by atoms with Gasteiger partial charge in [0.2, 0.25) is 0 Å². The summed E-state index contributed by atoms with van der Waals surface area (Å²) in [5.74, 6) is 0. The Morgan fingerprint density at radius 2 is 1.82 bits per heavy atom. The molecule has 2 rings (SSSR count). The zero-order valence-electron chi connectivity index (χ0n) is 7.55. The monoisotopic (exact) mass is 155 g/mol. The summed E-state index contributed by atoms with van der Waals surface area (Å²) in [5.41, 5.74) is 6.83. The molecule has 0 radical (unpaired) electrons. The highest BCUT2D eigenvalue weighted by atomic mass is 16.5. The molecule has 0 aromatic rings. The van der Waals surface area contributed by atoms with E-state index in [-0.39, 0.29) is 0 Å². The number of rotatable bonds is 1. The van der Waals surface area contributed by atoms with Crippen LogP contribution in [-0.4, -0.2) is 19.3 Å². The van der Waals surface area contributed by atoms with Gasteiger partial charge in [-0.15, -0.1) is 0 Å². The summed E-state index contributed by atoms with van der Waals surface area (Å²) in [4.78, 5) is 0. The van der Waals surface area contributed by atoms with Gasteiger partial charge in [-0.1, -0.05) is 13.8 Å². The molecule has 1 unspecified atom stereocenters. The molecular formula is C9H17NO. The van der Waals surface area contributed by atoms with Crippen LogP contribution in [0.1, 0.15) is 26.7 Å². The van der Waals surface area contributed by atoms with Crippen LogP contribution in [0.4, 0.5) is 0 Å². The SMILES string of the molecule is COC1CC2(C1)C(N)C2(C)C. The zero-order chi connectivity index (χ0) is 8.28. The second kappa shape index (κ2) is 1.80. The molecule has 0 aliphatic heterocycles. The number of ether oxygens (including phenoxy) is 1. The molecule has 0 aromatic carbocycles. The van der Waals surface area contributed by atoms with Crippen LogP contribution in [0.5, 0.6) is 0 Å². The van der Waals surface area contributed by atoms with Crippen molar-refractivity contribution in [3.05, 3.63) is 0 Å². The fraction of sp³-hybridized carbons (Fsp3) is 1.00. The molecule has 0 saturated heterocycles. The molecule has 1 atom stereocenters. The fourth-order valence-electron chi connectivity index (χ4n) is 2.69. The molecular weight excluding hydrogens is 138 g/mol. The van der Waals surface area contributed by atoms with Crippen LogP contribution in [0.2, 0.25) is 0 Å². The maximum Gasteiger partial charge on any atom is 0.0583 e. The molecule has 2 fully saturated rings. The molecule has 0 aromatic heterocycles. The second-order valence-corrected chi connectivity index (χ2v) is 4.62. The molecule has 2 nitrogen and oxygen atoms in total. The van der Waals surface area contributed by atoms with E-state index in [4.69, 9.17) is 10.5 Å². The maximum absolute atomic E-state index is 6.00. The smallest absolute Gasteiger partial charge is 0.0583 e. The average Bonchev–Trinajstić information content (AvgIpc) is 2.26. The summed E-state index contributed by atoms with van der Waals surface area (Å²) >= 11 is 0. The highest BCUT2D eigenvalue weighted by molar-refractivity contribution is 5.26. The Labute approximate surface area is 68.1 Å². The summed E-state index contributed by atoms with van der Waals surface area (Å²) in [6.07, 6.45) is 2.85. The van der Waals surface area contributed by atoms with Crippen molar-refractivity contribution in [2.75, 3.05) is 7.11 Å². The number of hydrogen-bond donors (Lipinski definition) is 1. The Morgan fingerprint density at radius 3 is 2.09 bits per heavy atom. The van der Waals surface area contributed by atoms with Gasteiger partial charge in [0.15, 0.2) is 0 Å². The predicted molar refractivity (Wildman–Crippen MR) is 44.2 cm³/mol. The van der Waals surface area contributed by atoms with Crippen molar-refractivity contribution in [2.24, 2.45) is 16.6 Å². The standard InChI is InChI=1S/C9H17NO/c1-8(2)7(10)9(8)4-6(5-9)11-3/h6-7H,4-5,10H2,1-3H3. The lowest BCUT2D eigenvalue weighted by Gasteiger charge is -2.37. The van der Waals surface area contributed by atoms with Gasteiger partial charge in [-0.3, -0.25) is 0 Å². The highest BCUT2D eigenvalue weighted by Gasteiger charge is 2.74. The summed E-state index contributed by atoms with van der Waals surface area (Å²) in [6.45, 7) is 4.53. The molecule has 11 heavy (non-hydrogen) atoms. The Morgan fingerprint density at radius 1 is 1.36 bits per heavy atom. The Hall–Kier alpha value is -0.0800. The molecule has 1 spiro atoms. The first-order chi connectivity index (χ1) is 5.04. The van der Waals surface area contributed by atoms with E-state index in [1.807, 2.05) is 0 Å². The van der Waals surface area contributed by atoms with E-state index < -0.39 is 0 Å². The van der Waals surface area contributed by atoms with Crippen molar-refractivity contribution in [1.29, 1.82) is 0 Å². The topological polar surface area (TPSA) is 35.2 Å². The lowest BCUT2D eigenvalue weighted by atomic mass is 9.73. The van der Waals surface area contributed by atoms with Crippen LogP contribution in [0, 0.1) is 10.8 Å². The van der Waals surface area contributed by atoms with Crippen LogP contribution in [0.25, 0.3) is 0 Å². The van der Waals surface area contributed by atoms with E-state index in [0.29, 0.717) is 23.0 Å². The van der Waals surface area contributed by atoms with Crippen molar-refractivity contribution in [3.63, 3.8) is 0 Å². The molecule has 0 heterocycles. The van der Waals surface area contributed by atoms with Gasteiger partial charge in [0, 0.05) is 13.2 Å². The third kappa shape index (κ3) is 0.651. The van der Waals surface area contributed by atoms with E-state index in [1.54, 1.807) is 7.11 Å². The minimum absolute atomic E-state index is 0.377. The zero-order valence-corrected chi connectivity index (χ0v) is 7.55. The molecule has 0 amide bonds. The summed E-state index contributed by atoms with van der Waals surface area (Å²) in [6, 6.07) is 0.418. The van der Waals surface area contributed by atoms with Gasteiger partial charge in [-0.25, -0.2) is 0 Å². The van der Waals surface area contributed by atoms with E-state index >= 15 is 0 Å². The highest BCUT2D eigenvalue weighted by Crippen LogP contribution is 2.72. The molecule has 2 saturated carbocycles. The van der Waals surface area contributed by atoms with Crippen molar-refractivity contribution in [1.82, 2.24) is 0 Å². The minimum atomic E-state index is 0.377. The quantitative estimate of drug-likeness (QED) is 0.616. The van der Waals surface area contributed by atoms with E-state index in [1.165, 1.54) is 12.8 Å². The number of hydrogen-bond acceptors (Lipinski definition) is 2. The lowest BCUT2D eigenvalue weighted by molar-refractivity contribution is -0.0261. The number of methoxy groups -OCH3 is 1. The Balaban J connectivity index is 2.00. The molecule has 2 aliphatic rings. The van der Waals surface area contributed by atoms with Gasteiger partial charge in [-0.2, -0.15) is 0 Å². The van der Waals surface area contributed by atoms with Crippen molar-refractivity contribution in [2.45, 2.75) is 38.8 Å². The van der Waals surface area contributed by atoms with Gasteiger partial charge < -0.3 is 10.5 Å². The molecule has 0 bridgehead atoms. The number of nitrogens with two attached hydrogens (primary N) is 1. The van der Waals surface area contributed by atoms with Gasteiger partial charge in [0.05, 0.1) is 6.10 Å². The van der Waals surface area contributed by atoms with Crippen LogP contribution >= 0.6 is 0 Å². The van der Waals surface area contributed by atoms with Gasteiger partial charge >= 0.3 is 0 Å². The first-order valence-corrected chi connectivity index (χ1v) is 4.33. The van der Waals surface area contributed by atoms with Crippen molar-refractivity contribution < 1.29 is 4.74 Å². The van der Waals surface area contributed by atoms with Gasteiger partial charge in [0.1, 0.15) is 0 Å². The normalized spacial score (nSPS) is 52.4. The lowest BCUT2D eigenvalue weighted by Crippen LogP contribution is -2.37. The summed E-state index contributed by atoms with van der Waals surface area (Å²) < 4.78 is 5.25.